The van der Waals surface area contributed by atoms with Gasteiger partial charge in [-0.15, -0.1) is 0 Å². The fourth-order valence-corrected chi connectivity index (χ4v) is 0.823. The number of benzene rings is 1. The second-order valence-corrected chi connectivity index (χ2v) is 2.27. The van der Waals surface area contributed by atoms with Gasteiger partial charge in [0.05, 0.1) is 0 Å². The molecule has 0 aliphatic rings. The molecule has 0 fully saturated rings. The Hall–Kier alpha value is -0.830. The number of hydrogen-bond acceptors (Lipinski definition) is 1. The Labute approximate surface area is 67.5 Å². The second-order valence-electron chi connectivity index (χ2n) is 1.84. The molecular formula is C7H5ClF2O. The Morgan fingerprint density at radius 2 is 2.09 bits per heavy atom. The van der Waals surface area contributed by atoms with E-state index >= 15 is 0 Å². The van der Waals surface area contributed by atoms with Crippen molar-refractivity contribution in [1.82, 2.24) is 0 Å². The van der Waals surface area contributed by atoms with Gasteiger partial charge in [-0.2, -0.15) is 8.78 Å². The fourth-order valence-electron chi connectivity index (χ4n) is 0.643. The van der Waals surface area contributed by atoms with E-state index in [0.29, 0.717) is 5.02 Å². The highest BCUT2D eigenvalue weighted by molar-refractivity contribution is 6.30. The molecule has 1 aromatic rings. The van der Waals surface area contributed by atoms with E-state index < -0.39 is 6.61 Å². The van der Waals surface area contributed by atoms with Crippen molar-refractivity contribution in [3.63, 3.8) is 0 Å². The molecule has 0 aliphatic heterocycles. The lowest BCUT2D eigenvalue weighted by atomic mass is 10.3. The first kappa shape index (κ1) is 8.27. The molecule has 0 N–H and O–H groups in total. The molecule has 0 heterocycles. The number of halogens is 3. The van der Waals surface area contributed by atoms with E-state index in [-0.39, 0.29) is 5.75 Å². The van der Waals surface area contributed by atoms with Crippen molar-refractivity contribution in [2.24, 2.45) is 0 Å². The largest absolute Gasteiger partial charge is 0.435 e. The summed E-state index contributed by atoms with van der Waals surface area (Å²) < 4.78 is 27.3. The van der Waals surface area contributed by atoms with Crippen molar-refractivity contribution >= 4 is 11.6 Å². The first-order valence-electron chi connectivity index (χ1n) is 2.89. The van der Waals surface area contributed by atoms with Crippen LogP contribution in [-0.4, -0.2) is 6.61 Å². The van der Waals surface area contributed by atoms with Gasteiger partial charge >= 0.3 is 6.61 Å². The van der Waals surface area contributed by atoms with E-state index in [0.717, 1.165) is 0 Å². The minimum absolute atomic E-state index is 0.0764. The smallest absolute Gasteiger partial charge is 0.387 e. The van der Waals surface area contributed by atoms with Gasteiger partial charge in [0, 0.05) is 5.02 Å². The molecule has 0 aromatic heterocycles. The van der Waals surface area contributed by atoms with Crippen LogP contribution in [0.5, 0.6) is 5.75 Å². The van der Waals surface area contributed by atoms with E-state index in [1.807, 2.05) is 0 Å². The molecule has 1 aromatic carbocycles. The summed E-state index contributed by atoms with van der Waals surface area (Å²) in [5.74, 6) is 0.0764. The summed E-state index contributed by atoms with van der Waals surface area (Å²) in [5, 5.41) is 0.378. The average molecular weight is 179 g/mol. The molecule has 1 nitrogen and oxygen atoms in total. The second kappa shape index (κ2) is 3.53. The topological polar surface area (TPSA) is 9.23 Å². The van der Waals surface area contributed by atoms with Gasteiger partial charge in [-0.05, 0) is 18.2 Å². The first-order valence-corrected chi connectivity index (χ1v) is 3.26. The van der Waals surface area contributed by atoms with Gasteiger partial charge in [-0.3, -0.25) is 0 Å². The summed E-state index contributed by atoms with van der Waals surface area (Å²) in [6, 6.07) is 5.87. The molecule has 0 saturated carbocycles. The Morgan fingerprint density at radius 3 is 2.64 bits per heavy atom. The van der Waals surface area contributed by atoms with E-state index in [1.54, 1.807) is 12.1 Å². The monoisotopic (exact) mass is 178 g/mol. The lowest BCUT2D eigenvalue weighted by Gasteiger charge is -2.02. The quantitative estimate of drug-likeness (QED) is 0.677. The van der Waals surface area contributed by atoms with Gasteiger partial charge in [0.25, 0.3) is 0 Å². The number of ether oxygens (including phenoxy) is 1. The summed E-state index contributed by atoms with van der Waals surface area (Å²) >= 11 is 5.50. The lowest BCUT2D eigenvalue weighted by molar-refractivity contribution is -0.0498. The molecule has 11 heavy (non-hydrogen) atoms. The number of alkyl halides is 2. The van der Waals surface area contributed by atoms with E-state index in [2.05, 4.69) is 4.74 Å². The molecule has 0 spiro atoms. The van der Waals surface area contributed by atoms with Crippen molar-refractivity contribution in [1.29, 1.82) is 0 Å². The van der Waals surface area contributed by atoms with Crippen LogP contribution in [0.4, 0.5) is 8.78 Å². The molecule has 0 aliphatic carbocycles. The lowest BCUT2D eigenvalue weighted by Crippen LogP contribution is -2.01. The van der Waals surface area contributed by atoms with Gasteiger partial charge in [0.15, 0.2) is 0 Å². The van der Waals surface area contributed by atoms with Crippen molar-refractivity contribution in [3.8, 4) is 5.75 Å². The van der Waals surface area contributed by atoms with Crippen molar-refractivity contribution in [3.05, 3.63) is 29.3 Å². The molecule has 1 rings (SSSR count). The van der Waals surface area contributed by atoms with Crippen molar-refractivity contribution in [2.45, 2.75) is 6.61 Å². The summed E-state index contributed by atoms with van der Waals surface area (Å²) in [4.78, 5) is 0. The van der Waals surface area contributed by atoms with Crippen LogP contribution in [0.3, 0.4) is 0 Å². The predicted octanol–water partition coefficient (Wildman–Crippen LogP) is 2.94. The average Bonchev–Trinajstić information content (AvgIpc) is 1.85. The van der Waals surface area contributed by atoms with Crippen LogP contribution in [0.1, 0.15) is 0 Å². The van der Waals surface area contributed by atoms with Crippen molar-refractivity contribution in [2.75, 3.05) is 0 Å². The minimum Gasteiger partial charge on any atom is -0.435 e. The van der Waals surface area contributed by atoms with Crippen molar-refractivity contribution < 1.29 is 13.5 Å². The molecule has 60 valence electrons. The van der Waals surface area contributed by atoms with Crippen LogP contribution < -0.4 is 4.74 Å². The maximum absolute atomic E-state index is 11.6. The van der Waals surface area contributed by atoms with Gasteiger partial charge < -0.3 is 4.74 Å². The highest BCUT2D eigenvalue weighted by Gasteiger charge is 2.02. The maximum atomic E-state index is 11.6. The van der Waals surface area contributed by atoms with Gasteiger partial charge in [-0.25, -0.2) is 0 Å². The predicted molar refractivity (Wildman–Crippen MR) is 38.1 cm³/mol. The molecule has 0 atom stereocenters. The van der Waals surface area contributed by atoms with Crippen LogP contribution in [0.15, 0.2) is 24.3 Å². The SMILES string of the molecule is FC(F)Oc1cccc(Cl)c1. The third kappa shape index (κ3) is 2.72. The molecule has 0 unspecified atom stereocenters. The minimum atomic E-state index is -2.80. The van der Waals surface area contributed by atoms with Gasteiger partial charge in [-0.1, -0.05) is 17.7 Å². The van der Waals surface area contributed by atoms with Crippen LogP contribution in [-0.2, 0) is 0 Å². The summed E-state index contributed by atoms with van der Waals surface area (Å²) in [5.41, 5.74) is 0. The first-order chi connectivity index (χ1) is 5.18. The zero-order valence-electron chi connectivity index (χ0n) is 5.43. The Bertz CT molecular complexity index is 240. The zero-order chi connectivity index (χ0) is 8.27. The third-order valence-corrected chi connectivity index (χ3v) is 1.26. The normalized spacial score (nSPS) is 10.2. The fraction of sp³-hybridized carbons (Fsp3) is 0.143. The molecule has 0 bridgehead atoms. The van der Waals surface area contributed by atoms with Crippen LogP contribution in [0.25, 0.3) is 0 Å². The Balaban J connectivity index is 2.71. The maximum Gasteiger partial charge on any atom is 0.387 e. The third-order valence-electron chi connectivity index (χ3n) is 1.02. The summed E-state index contributed by atoms with van der Waals surface area (Å²) in [6.45, 7) is -2.80. The molecule has 0 saturated heterocycles. The standard InChI is InChI=1S/C7H5ClF2O/c8-5-2-1-3-6(4-5)11-7(9)10/h1-4,7H. The van der Waals surface area contributed by atoms with E-state index in [9.17, 15) is 8.78 Å². The van der Waals surface area contributed by atoms with Gasteiger partial charge in [0.1, 0.15) is 5.75 Å². The molecule has 4 heteroatoms. The zero-order valence-corrected chi connectivity index (χ0v) is 6.18. The Morgan fingerprint density at radius 1 is 1.36 bits per heavy atom. The number of rotatable bonds is 2. The number of hydrogen-bond donors (Lipinski definition) is 0. The van der Waals surface area contributed by atoms with Crippen LogP contribution in [0, 0.1) is 0 Å². The molecule has 0 amide bonds. The molecular weight excluding hydrogens is 174 g/mol. The Kier molecular flexibility index (Phi) is 2.65. The summed E-state index contributed by atoms with van der Waals surface area (Å²) in [6.07, 6.45) is 0. The highest BCUT2D eigenvalue weighted by Crippen LogP contribution is 2.18. The van der Waals surface area contributed by atoms with Gasteiger partial charge in [0.2, 0.25) is 0 Å². The summed E-state index contributed by atoms with van der Waals surface area (Å²) in [7, 11) is 0. The molecule has 0 radical (unpaired) electrons. The van der Waals surface area contributed by atoms with Crippen LogP contribution in [0.2, 0.25) is 5.02 Å². The van der Waals surface area contributed by atoms with Crippen LogP contribution >= 0.6 is 11.6 Å². The van der Waals surface area contributed by atoms with E-state index in [1.165, 1.54) is 12.1 Å². The highest BCUT2D eigenvalue weighted by atomic mass is 35.5. The van der Waals surface area contributed by atoms with E-state index in [4.69, 9.17) is 11.6 Å².